The minimum absolute atomic E-state index is 0.103. The predicted octanol–water partition coefficient (Wildman–Crippen LogP) is 3.89. The second-order valence-corrected chi connectivity index (χ2v) is 7.05. The van der Waals surface area contributed by atoms with E-state index in [0.717, 1.165) is 6.07 Å². The fourth-order valence-corrected chi connectivity index (χ4v) is 2.65. The van der Waals surface area contributed by atoms with Crippen LogP contribution in [-0.2, 0) is 15.1 Å². The van der Waals surface area contributed by atoms with E-state index >= 15 is 0 Å². The second-order valence-electron chi connectivity index (χ2n) is 7.05. The smallest absolute Gasteiger partial charge is 0.454 e. The van der Waals surface area contributed by atoms with Gasteiger partial charge in [-0.1, -0.05) is 12.1 Å². The Hall–Kier alpha value is -1.83. The molecule has 8 heteroatoms. The summed E-state index contributed by atoms with van der Waals surface area (Å²) >= 11 is 0. The van der Waals surface area contributed by atoms with E-state index in [2.05, 4.69) is 10.1 Å². The summed E-state index contributed by atoms with van der Waals surface area (Å²) in [6.07, 6.45) is -4.51. The Bertz CT molecular complexity index is 632. The quantitative estimate of drug-likeness (QED) is 0.654. The predicted molar refractivity (Wildman–Crippen MR) is 82.4 cm³/mol. The van der Waals surface area contributed by atoms with Gasteiger partial charge < -0.3 is 14.8 Å². The number of carbonyl (C=O) groups is 1. The van der Waals surface area contributed by atoms with Crippen molar-refractivity contribution in [2.75, 3.05) is 13.1 Å². The van der Waals surface area contributed by atoms with E-state index in [1.807, 2.05) is 0 Å². The number of ether oxygens (including phenoxy) is 2. The molecule has 2 rings (SSSR count). The van der Waals surface area contributed by atoms with Gasteiger partial charge in [-0.2, -0.15) is 0 Å². The summed E-state index contributed by atoms with van der Waals surface area (Å²) in [5.74, 6) is -2.64. The lowest BCUT2D eigenvalue weighted by Gasteiger charge is -2.39. The van der Waals surface area contributed by atoms with Crippen LogP contribution in [0.1, 0.15) is 39.2 Å². The van der Waals surface area contributed by atoms with Crippen LogP contribution in [0.4, 0.5) is 17.6 Å². The van der Waals surface area contributed by atoms with Gasteiger partial charge in [-0.25, -0.2) is 4.39 Å². The first-order valence-corrected chi connectivity index (χ1v) is 7.93. The number of alkyl halides is 3. The molecule has 0 atom stereocenters. The van der Waals surface area contributed by atoms with Gasteiger partial charge in [-0.15, -0.1) is 13.2 Å². The number of hydrogen-bond acceptors (Lipinski definition) is 4. The zero-order chi connectivity index (χ0) is 18.9. The van der Waals surface area contributed by atoms with E-state index in [0.29, 0.717) is 13.1 Å². The Labute approximate surface area is 143 Å². The molecule has 0 radical (unpaired) electrons. The molecule has 0 unspecified atom stereocenters. The Balaban J connectivity index is 2.45. The Morgan fingerprint density at radius 3 is 2.28 bits per heavy atom. The third-order valence-electron chi connectivity index (χ3n) is 3.99. The third kappa shape index (κ3) is 4.62. The fourth-order valence-electron chi connectivity index (χ4n) is 2.65. The van der Waals surface area contributed by atoms with Crippen molar-refractivity contribution < 1.29 is 31.8 Å². The molecular formula is C17H21F4NO3. The number of halogens is 4. The van der Waals surface area contributed by atoms with E-state index in [-0.39, 0.29) is 18.4 Å². The van der Waals surface area contributed by atoms with Crippen LogP contribution >= 0.6 is 0 Å². The minimum Gasteiger partial charge on any atom is -0.454 e. The number of carbonyl (C=O) groups excluding carboxylic acids is 1. The van der Waals surface area contributed by atoms with Crippen LogP contribution < -0.4 is 10.1 Å². The van der Waals surface area contributed by atoms with E-state index in [4.69, 9.17) is 4.74 Å². The number of benzene rings is 1. The highest BCUT2D eigenvalue weighted by Gasteiger charge is 2.43. The monoisotopic (exact) mass is 363 g/mol. The van der Waals surface area contributed by atoms with Crippen molar-refractivity contribution >= 4 is 5.97 Å². The lowest BCUT2D eigenvalue weighted by Crippen LogP contribution is -2.45. The zero-order valence-corrected chi connectivity index (χ0v) is 14.3. The molecule has 0 bridgehead atoms. The minimum atomic E-state index is -5.01. The average molecular weight is 363 g/mol. The number of nitrogens with one attached hydrogen (secondary N) is 1. The van der Waals surface area contributed by atoms with Crippen molar-refractivity contribution in [1.29, 1.82) is 0 Å². The van der Waals surface area contributed by atoms with Crippen LogP contribution in [0.15, 0.2) is 18.2 Å². The van der Waals surface area contributed by atoms with Crippen LogP contribution in [0.5, 0.6) is 5.75 Å². The van der Waals surface area contributed by atoms with Gasteiger partial charge in [0, 0.05) is 18.4 Å². The average Bonchev–Trinajstić information content (AvgIpc) is 2.48. The zero-order valence-electron chi connectivity index (χ0n) is 14.3. The molecule has 1 aliphatic rings. The van der Waals surface area contributed by atoms with Gasteiger partial charge in [0.2, 0.25) is 0 Å². The maximum Gasteiger partial charge on any atom is 0.573 e. The molecule has 0 aromatic heterocycles. The van der Waals surface area contributed by atoms with Gasteiger partial charge in [-0.3, -0.25) is 4.79 Å². The highest BCUT2D eigenvalue weighted by Crippen LogP contribution is 2.41. The van der Waals surface area contributed by atoms with Gasteiger partial charge in [0.1, 0.15) is 5.60 Å². The highest BCUT2D eigenvalue weighted by molar-refractivity contribution is 5.76. The first-order valence-electron chi connectivity index (χ1n) is 7.93. The van der Waals surface area contributed by atoms with Crippen LogP contribution in [-0.4, -0.2) is 25.4 Å². The maximum atomic E-state index is 14.7. The van der Waals surface area contributed by atoms with E-state index in [9.17, 15) is 22.4 Å². The first kappa shape index (κ1) is 19.5. The van der Waals surface area contributed by atoms with Crippen LogP contribution in [0.2, 0.25) is 0 Å². The molecule has 1 aromatic rings. The molecule has 25 heavy (non-hydrogen) atoms. The Kier molecular flexibility index (Phi) is 5.32. The van der Waals surface area contributed by atoms with E-state index in [1.165, 1.54) is 12.1 Å². The van der Waals surface area contributed by atoms with Gasteiger partial charge in [0.25, 0.3) is 0 Å². The molecule has 1 N–H and O–H groups in total. The summed E-state index contributed by atoms with van der Waals surface area (Å²) in [7, 11) is 0. The molecule has 1 fully saturated rings. The number of rotatable bonds is 3. The Morgan fingerprint density at radius 2 is 1.76 bits per heavy atom. The molecule has 140 valence electrons. The standard InChI is InChI=1S/C17H21F4NO3/c1-15(2,3)14(23)25-16(7-9-22-10-8-16)11-5-4-6-12(13(11)18)24-17(19,20)21/h4-6,22H,7-10H2,1-3H3. The lowest BCUT2D eigenvalue weighted by molar-refractivity contribution is -0.275. The Morgan fingerprint density at radius 1 is 1.16 bits per heavy atom. The van der Waals surface area contributed by atoms with E-state index < -0.39 is 34.9 Å². The van der Waals surface area contributed by atoms with Crippen LogP contribution in [0, 0.1) is 11.2 Å². The maximum absolute atomic E-state index is 14.7. The summed E-state index contributed by atoms with van der Waals surface area (Å²) in [5.41, 5.74) is -2.26. The highest BCUT2D eigenvalue weighted by atomic mass is 19.4. The molecular weight excluding hydrogens is 342 g/mol. The SMILES string of the molecule is CC(C)(C)C(=O)OC1(c2cccc(OC(F)(F)F)c2F)CCNCC1. The fraction of sp³-hybridized carbons (Fsp3) is 0.588. The number of esters is 1. The summed E-state index contributed by atoms with van der Waals surface area (Å²) in [5, 5.41) is 3.07. The molecule has 0 amide bonds. The van der Waals surface area contributed by atoms with Gasteiger partial charge in [0.05, 0.1) is 5.41 Å². The summed E-state index contributed by atoms with van der Waals surface area (Å²) in [6.45, 7) is 5.86. The molecule has 1 aliphatic heterocycles. The van der Waals surface area contributed by atoms with E-state index in [1.54, 1.807) is 20.8 Å². The van der Waals surface area contributed by atoms with Crippen LogP contribution in [0.25, 0.3) is 0 Å². The van der Waals surface area contributed by atoms with Crippen molar-refractivity contribution in [3.05, 3.63) is 29.6 Å². The third-order valence-corrected chi connectivity index (χ3v) is 3.99. The molecule has 1 saturated heterocycles. The number of hydrogen-bond donors (Lipinski definition) is 1. The van der Waals surface area contributed by atoms with Crippen molar-refractivity contribution in [3.8, 4) is 5.75 Å². The molecule has 1 heterocycles. The van der Waals surface area contributed by atoms with Crippen molar-refractivity contribution in [2.24, 2.45) is 5.41 Å². The lowest BCUT2D eigenvalue weighted by atomic mass is 9.83. The van der Waals surface area contributed by atoms with Crippen molar-refractivity contribution in [3.63, 3.8) is 0 Å². The largest absolute Gasteiger partial charge is 0.573 e. The number of piperidine rings is 1. The van der Waals surface area contributed by atoms with Crippen LogP contribution in [0.3, 0.4) is 0 Å². The first-order chi connectivity index (χ1) is 11.4. The topological polar surface area (TPSA) is 47.6 Å². The van der Waals surface area contributed by atoms with Crippen molar-refractivity contribution in [2.45, 2.75) is 45.6 Å². The molecule has 0 saturated carbocycles. The molecule has 1 aromatic carbocycles. The molecule has 4 nitrogen and oxygen atoms in total. The summed E-state index contributed by atoms with van der Waals surface area (Å²) in [4.78, 5) is 12.4. The molecule has 0 aliphatic carbocycles. The molecule has 0 spiro atoms. The van der Waals surface area contributed by atoms with Gasteiger partial charge >= 0.3 is 12.3 Å². The van der Waals surface area contributed by atoms with Gasteiger partial charge in [-0.05, 0) is 39.9 Å². The van der Waals surface area contributed by atoms with Crippen molar-refractivity contribution in [1.82, 2.24) is 5.32 Å². The van der Waals surface area contributed by atoms with Gasteiger partial charge in [0.15, 0.2) is 11.6 Å². The normalized spacial score (nSPS) is 17.9. The second kappa shape index (κ2) is 6.82. The summed E-state index contributed by atoms with van der Waals surface area (Å²) in [6, 6.07) is 3.49. The summed E-state index contributed by atoms with van der Waals surface area (Å²) < 4.78 is 61.6.